The van der Waals surface area contributed by atoms with E-state index >= 15 is 0 Å². The van der Waals surface area contributed by atoms with Crippen LogP contribution in [0.4, 0.5) is 0 Å². The second-order valence-electron chi connectivity index (χ2n) is 6.70. The maximum atomic E-state index is 12.4. The van der Waals surface area contributed by atoms with Gasteiger partial charge in [0.25, 0.3) is 0 Å². The summed E-state index contributed by atoms with van der Waals surface area (Å²) in [5, 5.41) is 0. The number of Topliss-reactive ketones (excluding diaryl/α,β-unsaturated/α-hetero) is 2. The first kappa shape index (κ1) is 19.9. The van der Waals surface area contributed by atoms with Crippen molar-refractivity contribution in [3.05, 3.63) is 23.8 Å². The maximum Gasteiger partial charge on any atom is 0.159 e. The zero-order chi connectivity index (χ0) is 16.9. The summed E-state index contributed by atoms with van der Waals surface area (Å²) in [6.45, 7) is 4.39. The second kappa shape index (κ2) is 12.3. The van der Waals surface area contributed by atoms with E-state index in [1.54, 1.807) is 0 Å². The Hall–Kier alpha value is -1.18. The lowest BCUT2D eigenvalue weighted by Crippen LogP contribution is -2.18. The van der Waals surface area contributed by atoms with Crippen molar-refractivity contribution in [2.45, 2.75) is 90.9 Å². The monoisotopic (exact) mass is 318 g/mol. The predicted molar refractivity (Wildman–Crippen MR) is 97.5 cm³/mol. The molecule has 1 unspecified atom stereocenters. The average molecular weight is 319 g/mol. The number of rotatable bonds is 14. The molecule has 0 amide bonds. The van der Waals surface area contributed by atoms with Crippen molar-refractivity contribution in [2.24, 2.45) is 5.92 Å². The van der Waals surface area contributed by atoms with Crippen LogP contribution in [-0.4, -0.2) is 11.6 Å². The highest BCUT2D eigenvalue weighted by molar-refractivity contribution is 6.04. The summed E-state index contributed by atoms with van der Waals surface area (Å²) in [7, 11) is 0. The summed E-state index contributed by atoms with van der Waals surface area (Å²) in [6, 6.07) is 0. The lowest BCUT2D eigenvalue weighted by molar-refractivity contribution is -0.123. The van der Waals surface area contributed by atoms with Crippen molar-refractivity contribution in [3.8, 4) is 0 Å². The molecule has 0 aromatic carbocycles. The molecule has 130 valence electrons. The van der Waals surface area contributed by atoms with Crippen molar-refractivity contribution in [3.63, 3.8) is 0 Å². The molecule has 0 aromatic heterocycles. The number of hydrogen-bond donors (Lipinski definition) is 0. The molecule has 23 heavy (non-hydrogen) atoms. The van der Waals surface area contributed by atoms with E-state index in [9.17, 15) is 9.59 Å². The van der Waals surface area contributed by atoms with Crippen LogP contribution in [0.1, 0.15) is 90.9 Å². The van der Waals surface area contributed by atoms with Crippen molar-refractivity contribution in [1.82, 2.24) is 0 Å². The molecule has 0 bridgehead atoms. The molecule has 0 spiro atoms. The normalized spacial score (nSPS) is 16.6. The van der Waals surface area contributed by atoms with Gasteiger partial charge < -0.3 is 0 Å². The zero-order valence-electron chi connectivity index (χ0n) is 15.1. The number of carbonyl (C=O) groups is 2. The molecule has 0 fully saturated rings. The fraction of sp³-hybridized carbons (Fsp3) is 0.714. The first-order valence-corrected chi connectivity index (χ1v) is 9.65. The molecular weight excluding hydrogens is 284 g/mol. The van der Waals surface area contributed by atoms with Gasteiger partial charge in [0.2, 0.25) is 0 Å². The van der Waals surface area contributed by atoms with Crippen LogP contribution >= 0.6 is 0 Å². The average Bonchev–Trinajstić information content (AvgIpc) is 3.04. The molecule has 0 radical (unpaired) electrons. The highest BCUT2D eigenvalue weighted by Crippen LogP contribution is 2.25. The SMILES string of the molecule is CCCCCCCC(=O)C1=CC=CC1C(=O)CCCCCCC. The van der Waals surface area contributed by atoms with E-state index in [0.29, 0.717) is 12.8 Å². The van der Waals surface area contributed by atoms with Gasteiger partial charge in [-0.3, -0.25) is 9.59 Å². The summed E-state index contributed by atoms with van der Waals surface area (Å²) in [4.78, 5) is 24.7. The number of hydrogen-bond acceptors (Lipinski definition) is 2. The molecule has 2 nitrogen and oxygen atoms in total. The van der Waals surface area contributed by atoms with Gasteiger partial charge in [0.05, 0.1) is 5.92 Å². The Morgan fingerprint density at radius 2 is 1.39 bits per heavy atom. The van der Waals surface area contributed by atoms with Crippen LogP contribution in [-0.2, 0) is 9.59 Å². The van der Waals surface area contributed by atoms with Gasteiger partial charge in [-0.1, -0.05) is 83.4 Å². The van der Waals surface area contributed by atoms with E-state index in [4.69, 9.17) is 0 Å². The topological polar surface area (TPSA) is 34.1 Å². The molecule has 0 aromatic rings. The number of allylic oxidation sites excluding steroid dienone is 4. The molecule has 1 rings (SSSR count). The van der Waals surface area contributed by atoms with Crippen molar-refractivity contribution >= 4 is 11.6 Å². The highest BCUT2D eigenvalue weighted by Gasteiger charge is 2.26. The van der Waals surface area contributed by atoms with Gasteiger partial charge in [-0.05, 0) is 12.8 Å². The summed E-state index contributed by atoms with van der Waals surface area (Å²) >= 11 is 0. The van der Waals surface area contributed by atoms with Gasteiger partial charge in [-0.25, -0.2) is 0 Å². The zero-order valence-corrected chi connectivity index (χ0v) is 15.1. The standard InChI is InChI=1S/C21H34O2/c1-3-5-7-9-11-16-20(22)18-14-13-15-19(18)21(23)17-12-10-8-6-4-2/h13-15,18H,3-12,16-17H2,1-2H3. The van der Waals surface area contributed by atoms with Crippen LogP contribution in [0.15, 0.2) is 23.8 Å². The molecule has 0 saturated heterocycles. The Labute approximate surface area is 142 Å². The summed E-state index contributed by atoms with van der Waals surface area (Å²) in [5.41, 5.74) is 0.735. The van der Waals surface area contributed by atoms with Crippen LogP contribution in [0, 0.1) is 5.92 Å². The van der Waals surface area contributed by atoms with Crippen molar-refractivity contribution in [2.75, 3.05) is 0 Å². The van der Waals surface area contributed by atoms with E-state index in [1.807, 2.05) is 18.2 Å². The third kappa shape index (κ3) is 7.76. The predicted octanol–water partition coefficient (Wildman–Crippen LogP) is 5.96. The van der Waals surface area contributed by atoms with Crippen LogP contribution in [0.5, 0.6) is 0 Å². The molecule has 0 heterocycles. The van der Waals surface area contributed by atoms with E-state index < -0.39 is 0 Å². The van der Waals surface area contributed by atoms with Crippen LogP contribution in [0.3, 0.4) is 0 Å². The van der Waals surface area contributed by atoms with Gasteiger partial charge >= 0.3 is 0 Å². The van der Waals surface area contributed by atoms with Gasteiger partial charge in [0.1, 0.15) is 5.78 Å². The number of ketones is 2. The third-order valence-corrected chi connectivity index (χ3v) is 4.62. The molecule has 1 aliphatic carbocycles. The molecule has 0 N–H and O–H groups in total. The minimum atomic E-state index is -0.260. The highest BCUT2D eigenvalue weighted by atomic mass is 16.1. The van der Waals surface area contributed by atoms with Crippen LogP contribution in [0.25, 0.3) is 0 Å². The Morgan fingerprint density at radius 1 is 0.826 bits per heavy atom. The fourth-order valence-corrected chi connectivity index (χ4v) is 3.12. The first-order chi connectivity index (χ1) is 11.2. The number of unbranched alkanes of at least 4 members (excludes halogenated alkanes) is 8. The third-order valence-electron chi connectivity index (χ3n) is 4.62. The van der Waals surface area contributed by atoms with Gasteiger partial charge in [-0.15, -0.1) is 0 Å². The molecule has 1 aliphatic rings. The van der Waals surface area contributed by atoms with E-state index in [2.05, 4.69) is 13.8 Å². The summed E-state index contributed by atoms with van der Waals surface area (Å²) in [5.74, 6) is 0.140. The minimum Gasteiger partial charge on any atom is -0.299 e. The van der Waals surface area contributed by atoms with E-state index in [1.165, 1.54) is 38.5 Å². The molecule has 0 saturated carbocycles. The second-order valence-corrected chi connectivity index (χ2v) is 6.70. The molecule has 2 heteroatoms. The molecular formula is C21H34O2. The maximum absolute atomic E-state index is 12.4. The fourth-order valence-electron chi connectivity index (χ4n) is 3.12. The Balaban J connectivity index is 2.30. The minimum absolute atomic E-state index is 0.177. The van der Waals surface area contributed by atoms with E-state index in [0.717, 1.165) is 31.3 Å². The van der Waals surface area contributed by atoms with Gasteiger partial charge in [-0.2, -0.15) is 0 Å². The lowest BCUT2D eigenvalue weighted by Gasteiger charge is -2.12. The van der Waals surface area contributed by atoms with Crippen molar-refractivity contribution in [1.29, 1.82) is 0 Å². The first-order valence-electron chi connectivity index (χ1n) is 9.65. The number of carbonyl (C=O) groups excluding carboxylic acids is 2. The van der Waals surface area contributed by atoms with Gasteiger partial charge in [0.15, 0.2) is 5.78 Å². The van der Waals surface area contributed by atoms with E-state index in [-0.39, 0.29) is 17.5 Å². The Bertz CT molecular complexity index is 418. The quantitative estimate of drug-likeness (QED) is 0.370. The van der Waals surface area contributed by atoms with Gasteiger partial charge in [0, 0.05) is 18.4 Å². The summed E-state index contributed by atoms with van der Waals surface area (Å²) in [6.07, 6.45) is 18.4. The van der Waals surface area contributed by atoms with Crippen LogP contribution in [0.2, 0.25) is 0 Å². The Kier molecular flexibility index (Phi) is 10.6. The molecule has 0 aliphatic heterocycles. The molecule has 1 atom stereocenters. The van der Waals surface area contributed by atoms with Crippen LogP contribution < -0.4 is 0 Å². The lowest BCUT2D eigenvalue weighted by atomic mass is 9.90. The largest absolute Gasteiger partial charge is 0.299 e. The smallest absolute Gasteiger partial charge is 0.159 e. The summed E-state index contributed by atoms with van der Waals surface area (Å²) < 4.78 is 0. The van der Waals surface area contributed by atoms with Crippen molar-refractivity contribution < 1.29 is 9.59 Å². The Morgan fingerprint density at radius 3 is 2.00 bits per heavy atom.